The Kier molecular flexibility index (Phi) is 5.89. The largest absolute Gasteiger partial charge is 0.313 e. The van der Waals surface area contributed by atoms with Crippen molar-refractivity contribution in [2.75, 3.05) is 13.1 Å². The average Bonchev–Trinajstić information content (AvgIpc) is 2.23. The number of hydrogen-bond acceptors (Lipinski definition) is 1. The van der Waals surface area contributed by atoms with Crippen LogP contribution in [0.5, 0.6) is 0 Å². The first-order valence-corrected chi connectivity index (χ1v) is 6.22. The van der Waals surface area contributed by atoms with Crippen molar-refractivity contribution in [3.63, 3.8) is 0 Å². The molecule has 0 aliphatic carbocycles. The van der Waals surface area contributed by atoms with Gasteiger partial charge in [0, 0.05) is 16.6 Å². The van der Waals surface area contributed by atoms with Crippen LogP contribution in [0.3, 0.4) is 0 Å². The molecule has 16 heavy (non-hydrogen) atoms. The molecule has 1 aromatic carbocycles. The van der Waals surface area contributed by atoms with Crippen molar-refractivity contribution in [3.05, 3.63) is 39.4 Å². The zero-order chi connectivity index (χ0) is 12.0. The van der Waals surface area contributed by atoms with E-state index in [1.54, 1.807) is 6.07 Å². The maximum absolute atomic E-state index is 6.09. The molecule has 0 spiro atoms. The van der Waals surface area contributed by atoms with E-state index in [-0.39, 0.29) is 0 Å². The number of benzene rings is 1. The molecule has 0 fully saturated rings. The van der Waals surface area contributed by atoms with Gasteiger partial charge in [-0.15, -0.1) is 0 Å². The fourth-order valence-corrected chi connectivity index (χ4v) is 1.86. The zero-order valence-electron chi connectivity index (χ0n) is 9.69. The lowest BCUT2D eigenvalue weighted by molar-refractivity contribution is 0.715. The molecule has 0 aromatic heterocycles. The van der Waals surface area contributed by atoms with Crippen LogP contribution in [0.4, 0.5) is 0 Å². The molecule has 0 aliphatic heterocycles. The Morgan fingerprint density at radius 3 is 2.75 bits per heavy atom. The van der Waals surface area contributed by atoms with Gasteiger partial charge in [-0.2, -0.15) is 0 Å². The van der Waals surface area contributed by atoms with Crippen LogP contribution in [0, 0.1) is 0 Å². The van der Waals surface area contributed by atoms with Crippen molar-refractivity contribution < 1.29 is 0 Å². The van der Waals surface area contributed by atoms with Crippen LogP contribution in [-0.2, 0) is 0 Å². The first-order chi connectivity index (χ1) is 7.63. The van der Waals surface area contributed by atoms with Gasteiger partial charge in [-0.1, -0.05) is 47.8 Å². The van der Waals surface area contributed by atoms with E-state index in [1.807, 2.05) is 12.1 Å². The normalized spacial score (nSPS) is 11.9. The summed E-state index contributed by atoms with van der Waals surface area (Å²) in [7, 11) is 0. The van der Waals surface area contributed by atoms with Gasteiger partial charge in [-0.25, -0.2) is 0 Å². The van der Waals surface area contributed by atoms with Gasteiger partial charge < -0.3 is 5.32 Å². The summed E-state index contributed by atoms with van der Waals surface area (Å²) >= 11 is 11.9. The summed E-state index contributed by atoms with van der Waals surface area (Å²) in [6.07, 6.45) is 3.23. The van der Waals surface area contributed by atoms with Crippen LogP contribution >= 0.6 is 23.2 Å². The second-order valence-corrected chi connectivity index (χ2v) is 4.68. The highest BCUT2D eigenvalue weighted by molar-refractivity contribution is 6.35. The summed E-state index contributed by atoms with van der Waals surface area (Å²) < 4.78 is 0. The molecule has 0 aliphatic rings. The summed E-state index contributed by atoms with van der Waals surface area (Å²) in [5.74, 6) is 0. The molecule has 0 unspecified atom stereocenters. The topological polar surface area (TPSA) is 12.0 Å². The quantitative estimate of drug-likeness (QED) is 0.772. The Labute approximate surface area is 107 Å². The Bertz CT molecular complexity index is 372. The maximum atomic E-state index is 6.09. The van der Waals surface area contributed by atoms with Gasteiger partial charge in [-0.3, -0.25) is 0 Å². The van der Waals surface area contributed by atoms with E-state index in [2.05, 4.69) is 25.2 Å². The molecule has 0 saturated carbocycles. The lowest BCUT2D eigenvalue weighted by atomic mass is 10.1. The number of hydrogen-bond donors (Lipinski definition) is 1. The summed E-state index contributed by atoms with van der Waals surface area (Å²) in [6, 6.07) is 5.56. The Hall–Kier alpha value is -0.500. The third-order valence-corrected chi connectivity index (χ3v) is 2.76. The van der Waals surface area contributed by atoms with E-state index in [9.17, 15) is 0 Å². The Balaban J connectivity index is 2.66. The SMILES string of the molecule is CCCNCC(C)=Cc1ccc(Cl)cc1Cl. The van der Waals surface area contributed by atoms with Gasteiger partial charge in [0.1, 0.15) is 0 Å². The summed E-state index contributed by atoms with van der Waals surface area (Å²) in [5.41, 5.74) is 2.28. The molecule has 88 valence electrons. The minimum absolute atomic E-state index is 0.670. The van der Waals surface area contributed by atoms with E-state index >= 15 is 0 Å². The smallest absolute Gasteiger partial charge is 0.0493 e. The van der Waals surface area contributed by atoms with E-state index in [0.717, 1.165) is 25.1 Å². The van der Waals surface area contributed by atoms with Crippen molar-refractivity contribution in [1.29, 1.82) is 0 Å². The van der Waals surface area contributed by atoms with Crippen molar-refractivity contribution in [1.82, 2.24) is 5.32 Å². The Morgan fingerprint density at radius 2 is 2.12 bits per heavy atom. The summed E-state index contributed by atoms with van der Waals surface area (Å²) in [5, 5.41) is 4.72. The van der Waals surface area contributed by atoms with Gasteiger partial charge in [0.25, 0.3) is 0 Å². The summed E-state index contributed by atoms with van der Waals surface area (Å²) in [6.45, 7) is 6.18. The molecule has 0 saturated heterocycles. The van der Waals surface area contributed by atoms with Crippen LogP contribution in [-0.4, -0.2) is 13.1 Å². The molecule has 0 radical (unpaired) electrons. The number of halogens is 2. The molecular weight excluding hydrogens is 241 g/mol. The van der Waals surface area contributed by atoms with Crippen LogP contribution < -0.4 is 5.32 Å². The number of rotatable bonds is 5. The molecule has 1 rings (SSSR count). The number of nitrogens with one attached hydrogen (secondary N) is 1. The van der Waals surface area contributed by atoms with Crippen molar-refractivity contribution in [2.24, 2.45) is 0 Å². The first kappa shape index (κ1) is 13.6. The average molecular weight is 258 g/mol. The summed E-state index contributed by atoms with van der Waals surface area (Å²) in [4.78, 5) is 0. The highest BCUT2D eigenvalue weighted by Crippen LogP contribution is 2.22. The predicted octanol–water partition coefficient (Wildman–Crippen LogP) is 4.40. The van der Waals surface area contributed by atoms with E-state index in [0.29, 0.717) is 10.0 Å². The molecule has 1 aromatic rings. The fraction of sp³-hybridized carbons (Fsp3) is 0.385. The highest BCUT2D eigenvalue weighted by Gasteiger charge is 1.99. The van der Waals surface area contributed by atoms with Gasteiger partial charge in [0.2, 0.25) is 0 Å². The first-order valence-electron chi connectivity index (χ1n) is 5.46. The predicted molar refractivity (Wildman–Crippen MR) is 73.3 cm³/mol. The van der Waals surface area contributed by atoms with Crippen molar-refractivity contribution >= 4 is 29.3 Å². The second-order valence-electron chi connectivity index (χ2n) is 3.83. The zero-order valence-corrected chi connectivity index (χ0v) is 11.2. The molecule has 3 heteroatoms. The fourth-order valence-electron chi connectivity index (χ4n) is 1.40. The van der Waals surface area contributed by atoms with E-state index in [4.69, 9.17) is 23.2 Å². The maximum Gasteiger partial charge on any atom is 0.0493 e. The minimum atomic E-state index is 0.670. The van der Waals surface area contributed by atoms with Crippen molar-refractivity contribution in [2.45, 2.75) is 20.3 Å². The molecule has 0 amide bonds. The monoisotopic (exact) mass is 257 g/mol. The van der Waals surface area contributed by atoms with Gasteiger partial charge in [0.05, 0.1) is 0 Å². The lowest BCUT2D eigenvalue weighted by Crippen LogP contribution is -2.16. The van der Waals surface area contributed by atoms with Crippen LogP contribution in [0.15, 0.2) is 23.8 Å². The lowest BCUT2D eigenvalue weighted by Gasteiger charge is -2.05. The molecule has 0 atom stereocenters. The third-order valence-electron chi connectivity index (χ3n) is 2.20. The van der Waals surface area contributed by atoms with Gasteiger partial charge in [0.15, 0.2) is 0 Å². The van der Waals surface area contributed by atoms with Crippen LogP contribution in [0.25, 0.3) is 6.08 Å². The molecule has 0 heterocycles. The van der Waals surface area contributed by atoms with Gasteiger partial charge >= 0.3 is 0 Å². The standard InChI is InChI=1S/C13H17Cl2N/c1-3-6-16-9-10(2)7-11-4-5-12(14)8-13(11)15/h4-5,7-8,16H,3,6,9H2,1-2H3. The molecule has 1 N–H and O–H groups in total. The molecule has 0 bridgehead atoms. The van der Waals surface area contributed by atoms with Gasteiger partial charge in [-0.05, 0) is 37.6 Å². The van der Waals surface area contributed by atoms with E-state index in [1.165, 1.54) is 5.57 Å². The highest BCUT2D eigenvalue weighted by atomic mass is 35.5. The van der Waals surface area contributed by atoms with E-state index < -0.39 is 0 Å². The molecular formula is C13H17Cl2N. The third kappa shape index (κ3) is 4.56. The van der Waals surface area contributed by atoms with Crippen LogP contribution in [0.2, 0.25) is 10.0 Å². The second kappa shape index (κ2) is 6.95. The minimum Gasteiger partial charge on any atom is -0.313 e. The molecule has 1 nitrogen and oxygen atoms in total. The Morgan fingerprint density at radius 1 is 1.38 bits per heavy atom. The van der Waals surface area contributed by atoms with Crippen molar-refractivity contribution in [3.8, 4) is 0 Å². The van der Waals surface area contributed by atoms with Crippen LogP contribution in [0.1, 0.15) is 25.8 Å².